The molecule has 0 bridgehead atoms. The Hall–Kier alpha value is -1.55. The van der Waals surface area contributed by atoms with Crippen molar-refractivity contribution in [2.24, 2.45) is 0 Å². The van der Waals surface area contributed by atoms with E-state index in [-0.39, 0.29) is 5.91 Å². The highest BCUT2D eigenvalue weighted by Gasteiger charge is 2.10. The summed E-state index contributed by atoms with van der Waals surface area (Å²) in [6, 6.07) is 5.74. The van der Waals surface area contributed by atoms with E-state index in [4.69, 9.17) is 4.74 Å². The van der Waals surface area contributed by atoms with Gasteiger partial charge in [0, 0.05) is 26.1 Å². The molecule has 0 heterocycles. The van der Waals surface area contributed by atoms with Crippen LogP contribution in [-0.2, 0) is 4.79 Å². The first-order valence-corrected chi connectivity index (χ1v) is 6.53. The minimum Gasteiger partial charge on any atom is -0.493 e. The molecule has 106 valence electrons. The summed E-state index contributed by atoms with van der Waals surface area (Å²) in [5.74, 6) is 0.793. The number of aliphatic hydroxyl groups is 1. The molecule has 0 unspecified atom stereocenters. The number of ether oxygens (including phenoxy) is 1. The maximum Gasteiger partial charge on any atom is 0.222 e. The number of hydrogen-bond donors (Lipinski definition) is 1. The molecule has 0 fully saturated rings. The van der Waals surface area contributed by atoms with Crippen molar-refractivity contribution in [3.8, 4) is 5.75 Å². The van der Waals surface area contributed by atoms with Gasteiger partial charge in [0.05, 0.1) is 12.7 Å². The summed E-state index contributed by atoms with van der Waals surface area (Å²) >= 11 is 0. The first-order valence-electron chi connectivity index (χ1n) is 6.53. The lowest BCUT2D eigenvalue weighted by atomic mass is 10.1. The van der Waals surface area contributed by atoms with Gasteiger partial charge in [-0.05, 0) is 32.4 Å². The van der Waals surface area contributed by atoms with Crippen LogP contribution < -0.4 is 4.74 Å². The smallest absolute Gasteiger partial charge is 0.222 e. The highest BCUT2D eigenvalue weighted by atomic mass is 16.5. The van der Waals surface area contributed by atoms with Gasteiger partial charge >= 0.3 is 0 Å². The topological polar surface area (TPSA) is 49.8 Å². The van der Waals surface area contributed by atoms with Crippen molar-refractivity contribution in [3.63, 3.8) is 0 Å². The second kappa shape index (κ2) is 7.14. The Labute approximate surface area is 115 Å². The number of carbonyl (C=O) groups excluding carboxylic acids is 1. The van der Waals surface area contributed by atoms with Gasteiger partial charge in [0.1, 0.15) is 5.75 Å². The van der Waals surface area contributed by atoms with Gasteiger partial charge in [-0.1, -0.05) is 11.6 Å². The standard InChI is InChI=1S/C15H23NO3/c1-11-7-8-14(13(10-11)12(2)17)19-9-5-6-15(18)16(3)4/h7-8,10,12,17H,5-6,9H2,1-4H3/t12-/m0/s1. The molecule has 0 aliphatic rings. The van der Waals surface area contributed by atoms with Crippen molar-refractivity contribution in [2.75, 3.05) is 20.7 Å². The zero-order valence-electron chi connectivity index (χ0n) is 12.1. The van der Waals surface area contributed by atoms with E-state index in [1.807, 2.05) is 25.1 Å². The molecule has 0 aliphatic heterocycles. The molecule has 1 aromatic carbocycles. The van der Waals surface area contributed by atoms with Gasteiger partial charge in [0.25, 0.3) is 0 Å². The molecular formula is C15H23NO3. The third-order valence-electron chi connectivity index (χ3n) is 2.91. The summed E-state index contributed by atoms with van der Waals surface area (Å²) in [5.41, 5.74) is 1.88. The zero-order valence-corrected chi connectivity index (χ0v) is 12.1. The Morgan fingerprint density at radius 3 is 2.68 bits per heavy atom. The molecule has 1 aromatic rings. The lowest BCUT2D eigenvalue weighted by Crippen LogP contribution is -2.21. The monoisotopic (exact) mass is 265 g/mol. The van der Waals surface area contributed by atoms with E-state index in [1.165, 1.54) is 0 Å². The Morgan fingerprint density at radius 1 is 1.42 bits per heavy atom. The normalized spacial score (nSPS) is 12.1. The molecule has 4 heteroatoms. The quantitative estimate of drug-likeness (QED) is 0.803. The summed E-state index contributed by atoms with van der Waals surface area (Å²) in [6.07, 6.45) is 0.589. The average Bonchev–Trinajstić information content (AvgIpc) is 2.35. The summed E-state index contributed by atoms with van der Waals surface area (Å²) in [6.45, 7) is 4.17. The van der Waals surface area contributed by atoms with Crippen LogP contribution in [0.2, 0.25) is 0 Å². The molecule has 0 saturated heterocycles. The summed E-state index contributed by atoms with van der Waals surface area (Å²) in [5, 5.41) is 9.71. The summed E-state index contributed by atoms with van der Waals surface area (Å²) < 4.78 is 5.65. The lowest BCUT2D eigenvalue weighted by Gasteiger charge is -2.15. The fourth-order valence-electron chi connectivity index (χ4n) is 1.75. The van der Waals surface area contributed by atoms with Crippen LogP contribution in [0.1, 0.15) is 37.0 Å². The van der Waals surface area contributed by atoms with Crippen molar-refractivity contribution in [2.45, 2.75) is 32.8 Å². The molecule has 1 atom stereocenters. The van der Waals surface area contributed by atoms with E-state index in [9.17, 15) is 9.90 Å². The predicted octanol–water partition coefficient (Wildman–Crippen LogP) is 2.30. The number of benzene rings is 1. The fraction of sp³-hybridized carbons (Fsp3) is 0.533. The molecular weight excluding hydrogens is 242 g/mol. The summed E-state index contributed by atoms with van der Waals surface area (Å²) in [4.78, 5) is 13.0. The Balaban J connectivity index is 2.52. The molecule has 1 N–H and O–H groups in total. The highest BCUT2D eigenvalue weighted by molar-refractivity contribution is 5.75. The van der Waals surface area contributed by atoms with Crippen LogP contribution in [0.25, 0.3) is 0 Å². The number of carbonyl (C=O) groups is 1. The molecule has 1 amide bonds. The van der Waals surface area contributed by atoms with Gasteiger partial charge in [0.15, 0.2) is 0 Å². The van der Waals surface area contributed by atoms with Crippen LogP contribution in [0.3, 0.4) is 0 Å². The molecule has 19 heavy (non-hydrogen) atoms. The molecule has 0 aliphatic carbocycles. The molecule has 1 rings (SSSR count). The first-order chi connectivity index (χ1) is 8.91. The van der Waals surface area contributed by atoms with Gasteiger partial charge < -0.3 is 14.7 Å². The van der Waals surface area contributed by atoms with Gasteiger partial charge in [-0.25, -0.2) is 0 Å². The van der Waals surface area contributed by atoms with E-state index >= 15 is 0 Å². The van der Waals surface area contributed by atoms with E-state index in [2.05, 4.69) is 0 Å². The highest BCUT2D eigenvalue weighted by Crippen LogP contribution is 2.26. The minimum atomic E-state index is -0.557. The van der Waals surface area contributed by atoms with Crippen molar-refractivity contribution >= 4 is 5.91 Å². The van der Waals surface area contributed by atoms with Crippen molar-refractivity contribution in [3.05, 3.63) is 29.3 Å². The lowest BCUT2D eigenvalue weighted by molar-refractivity contribution is -0.128. The third-order valence-corrected chi connectivity index (χ3v) is 2.91. The largest absolute Gasteiger partial charge is 0.493 e. The second-order valence-corrected chi connectivity index (χ2v) is 4.96. The molecule has 0 aromatic heterocycles. The van der Waals surface area contributed by atoms with Crippen molar-refractivity contribution in [1.82, 2.24) is 4.90 Å². The van der Waals surface area contributed by atoms with Crippen molar-refractivity contribution < 1.29 is 14.6 Å². The van der Waals surface area contributed by atoms with E-state index < -0.39 is 6.10 Å². The maximum absolute atomic E-state index is 11.4. The molecule has 0 radical (unpaired) electrons. The van der Waals surface area contributed by atoms with Gasteiger partial charge in [0.2, 0.25) is 5.91 Å². The second-order valence-electron chi connectivity index (χ2n) is 4.96. The number of aryl methyl sites for hydroxylation is 1. The van der Waals surface area contributed by atoms with Gasteiger partial charge in [-0.3, -0.25) is 4.79 Å². The Morgan fingerprint density at radius 2 is 2.11 bits per heavy atom. The van der Waals surface area contributed by atoms with Crippen LogP contribution in [0.15, 0.2) is 18.2 Å². The number of aliphatic hydroxyl groups excluding tert-OH is 1. The van der Waals surface area contributed by atoms with Crippen LogP contribution in [0.5, 0.6) is 5.75 Å². The third kappa shape index (κ3) is 4.91. The van der Waals surface area contributed by atoms with Crippen LogP contribution in [0.4, 0.5) is 0 Å². The van der Waals surface area contributed by atoms with Gasteiger partial charge in [-0.2, -0.15) is 0 Å². The van der Waals surface area contributed by atoms with Crippen molar-refractivity contribution in [1.29, 1.82) is 0 Å². The zero-order chi connectivity index (χ0) is 14.4. The van der Waals surface area contributed by atoms with Crippen LogP contribution in [0, 0.1) is 6.92 Å². The predicted molar refractivity (Wildman–Crippen MR) is 75.2 cm³/mol. The minimum absolute atomic E-state index is 0.100. The molecule has 0 spiro atoms. The number of rotatable bonds is 6. The fourth-order valence-corrected chi connectivity index (χ4v) is 1.75. The van der Waals surface area contributed by atoms with E-state index in [0.717, 1.165) is 11.1 Å². The maximum atomic E-state index is 11.4. The first kappa shape index (κ1) is 15.5. The number of hydrogen-bond acceptors (Lipinski definition) is 3. The van der Waals surface area contributed by atoms with E-state index in [0.29, 0.717) is 25.2 Å². The molecule has 0 saturated carbocycles. The summed E-state index contributed by atoms with van der Waals surface area (Å²) in [7, 11) is 3.49. The molecule has 4 nitrogen and oxygen atoms in total. The van der Waals surface area contributed by atoms with Crippen LogP contribution in [-0.4, -0.2) is 36.6 Å². The Bertz CT molecular complexity index is 427. The number of amides is 1. The van der Waals surface area contributed by atoms with E-state index in [1.54, 1.807) is 25.9 Å². The van der Waals surface area contributed by atoms with Gasteiger partial charge in [-0.15, -0.1) is 0 Å². The number of nitrogens with zero attached hydrogens (tertiary/aromatic N) is 1. The van der Waals surface area contributed by atoms with Crippen LogP contribution >= 0.6 is 0 Å². The Kier molecular flexibility index (Phi) is 5.83. The average molecular weight is 265 g/mol. The SMILES string of the molecule is Cc1ccc(OCCCC(=O)N(C)C)c([C@H](C)O)c1.